The lowest BCUT2D eigenvalue weighted by Gasteiger charge is -2.42. The second-order valence-corrected chi connectivity index (χ2v) is 23.1. The predicted octanol–water partition coefficient (Wildman–Crippen LogP) is 16.5. The maximum atomic E-state index is 14.0. The van der Waals surface area contributed by atoms with E-state index in [2.05, 4.69) is 141 Å². The van der Waals surface area contributed by atoms with Crippen LogP contribution in [0.15, 0.2) is 235 Å². The SMILES string of the molecule is CC1(C)c2ccccc2N(c2ccccc2)c2cc3ccc(C4=C5OC(=O)C(c6cccc(-c7ccc(N8c9ccccc9C(C)(C)c9c8ccc8cc(C%10=C%11OC(=O)C(c%12ccc(F)cc%12)=C%11OC%10=O)ccc98)cc7)c6)=C5OC4=O)cc3cc21. The Kier molecular flexibility index (Phi) is 10.6. The molecule has 0 aliphatic carbocycles. The zero-order chi connectivity index (χ0) is 57.8. The van der Waals surface area contributed by atoms with Crippen molar-refractivity contribution in [1.29, 1.82) is 0 Å². The first kappa shape index (κ1) is 49.9. The first-order chi connectivity index (χ1) is 41.2. The molecule has 10 aromatic rings. The van der Waals surface area contributed by atoms with Crippen molar-refractivity contribution < 1.29 is 42.5 Å². The van der Waals surface area contributed by atoms with Crippen LogP contribution in [-0.4, -0.2) is 23.9 Å². The Morgan fingerprint density at radius 1 is 0.329 bits per heavy atom. The number of carbonyl (C=O) groups is 4. The standard InChI is InChI=1S/C74H47FN2O8/c1-73(2)53-17-8-10-19-56(53)77(50-15-6-5-7-16-50)59-39-43-21-22-46(37-48(43)38-55(59)73)62-68-66(84-71(62)80)61(70(79)85-68)45-14-12-13-42(35-45)40-25-31-51(32-26-40)76-57-20-11-9-18-54(57)74(3,4)64-52-33-27-47(36-44(52)28-34-58(64)76)63-67-65(82-72(63)81)60(69(78)83-67)41-23-29-49(75)30-24-41/h5-39H,1-4H3. The van der Waals surface area contributed by atoms with Crippen LogP contribution in [-0.2, 0) is 49.0 Å². The molecule has 85 heavy (non-hydrogen) atoms. The van der Waals surface area contributed by atoms with Crippen molar-refractivity contribution in [1.82, 2.24) is 0 Å². The fourth-order valence-corrected chi connectivity index (χ4v) is 13.6. The topological polar surface area (TPSA) is 112 Å². The molecular formula is C74H47FN2O8. The van der Waals surface area contributed by atoms with Crippen LogP contribution in [0.1, 0.15) is 72.2 Å². The lowest BCUT2D eigenvalue weighted by molar-refractivity contribution is -0.132. The van der Waals surface area contributed by atoms with E-state index in [4.69, 9.17) is 18.9 Å². The summed E-state index contributed by atoms with van der Waals surface area (Å²) in [6.07, 6.45) is 0. The molecule has 6 aliphatic heterocycles. The molecule has 16 rings (SSSR count). The quantitative estimate of drug-likeness (QED) is 0.113. The number of para-hydroxylation sites is 3. The van der Waals surface area contributed by atoms with E-state index in [0.29, 0.717) is 22.3 Å². The highest BCUT2D eigenvalue weighted by Gasteiger charge is 2.46. The van der Waals surface area contributed by atoms with Crippen LogP contribution in [0.4, 0.5) is 38.5 Å². The zero-order valence-electron chi connectivity index (χ0n) is 46.2. The smallest absolute Gasteiger partial charge is 0.348 e. The fraction of sp³-hybridized carbons (Fsp3) is 0.0811. The zero-order valence-corrected chi connectivity index (χ0v) is 46.2. The number of hydrogen-bond donors (Lipinski definition) is 0. The lowest BCUT2D eigenvalue weighted by Crippen LogP contribution is -2.30. The molecule has 0 fully saturated rings. The molecule has 0 bridgehead atoms. The summed E-state index contributed by atoms with van der Waals surface area (Å²) in [6, 6.07) is 68.7. The van der Waals surface area contributed by atoms with Crippen molar-refractivity contribution in [2.45, 2.75) is 38.5 Å². The van der Waals surface area contributed by atoms with Gasteiger partial charge in [-0.1, -0.05) is 155 Å². The van der Waals surface area contributed by atoms with Gasteiger partial charge >= 0.3 is 23.9 Å². The van der Waals surface area contributed by atoms with E-state index in [9.17, 15) is 23.6 Å². The van der Waals surface area contributed by atoms with E-state index < -0.39 is 35.1 Å². The summed E-state index contributed by atoms with van der Waals surface area (Å²) in [5.41, 5.74) is 14.3. The molecule has 0 aromatic heterocycles. The molecule has 0 saturated carbocycles. The molecule has 0 radical (unpaired) electrons. The predicted molar refractivity (Wildman–Crippen MR) is 325 cm³/mol. The van der Waals surface area contributed by atoms with Gasteiger partial charge in [-0.3, -0.25) is 0 Å². The third kappa shape index (κ3) is 7.36. The Morgan fingerprint density at radius 2 is 0.800 bits per heavy atom. The third-order valence-electron chi connectivity index (χ3n) is 17.6. The number of halogens is 1. The number of anilines is 6. The summed E-state index contributed by atoms with van der Waals surface area (Å²) < 4.78 is 37.2. The van der Waals surface area contributed by atoms with Gasteiger partial charge in [0.1, 0.15) is 28.1 Å². The van der Waals surface area contributed by atoms with Crippen molar-refractivity contribution >= 4 is 102 Å². The van der Waals surface area contributed by atoms with E-state index in [1.54, 1.807) is 0 Å². The summed E-state index contributed by atoms with van der Waals surface area (Å²) in [7, 11) is 0. The van der Waals surface area contributed by atoms with E-state index in [1.807, 2.05) is 84.9 Å². The minimum absolute atomic E-state index is 0.0245. The van der Waals surface area contributed by atoms with Gasteiger partial charge in [0.25, 0.3) is 0 Å². The van der Waals surface area contributed by atoms with Crippen molar-refractivity contribution in [2.24, 2.45) is 0 Å². The van der Waals surface area contributed by atoms with Gasteiger partial charge in [-0.15, -0.1) is 0 Å². The van der Waals surface area contributed by atoms with Gasteiger partial charge in [0.15, 0.2) is 23.0 Å². The van der Waals surface area contributed by atoms with Gasteiger partial charge < -0.3 is 28.7 Å². The normalized spacial score (nSPS) is 17.0. The van der Waals surface area contributed by atoms with Crippen LogP contribution in [0.25, 0.3) is 55.0 Å². The van der Waals surface area contributed by atoms with Gasteiger partial charge in [0.2, 0.25) is 0 Å². The summed E-state index contributed by atoms with van der Waals surface area (Å²) in [4.78, 5) is 59.3. The molecular weight excluding hydrogens is 1060 g/mol. The Hall–Kier alpha value is -10.9. The molecule has 10 aromatic carbocycles. The number of hydrogen-bond acceptors (Lipinski definition) is 10. The van der Waals surface area contributed by atoms with Gasteiger partial charge in [-0.25, -0.2) is 23.6 Å². The second kappa shape index (κ2) is 18.0. The molecule has 0 amide bonds. The minimum Gasteiger partial charge on any atom is -0.418 e. The number of carbonyl (C=O) groups excluding carboxylic acids is 4. The maximum Gasteiger partial charge on any atom is 0.348 e. The van der Waals surface area contributed by atoms with E-state index >= 15 is 0 Å². The molecule has 0 N–H and O–H groups in total. The highest BCUT2D eigenvalue weighted by molar-refractivity contribution is 6.30. The first-order valence-corrected chi connectivity index (χ1v) is 28.1. The van der Waals surface area contributed by atoms with E-state index in [-0.39, 0.29) is 50.7 Å². The fourth-order valence-electron chi connectivity index (χ4n) is 13.6. The monoisotopic (exact) mass is 1110 g/mol. The average molecular weight is 1110 g/mol. The van der Waals surface area contributed by atoms with Gasteiger partial charge in [0, 0.05) is 22.2 Å². The van der Waals surface area contributed by atoms with Crippen LogP contribution in [0.3, 0.4) is 0 Å². The van der Waals surface area contributed by atoms with Crippen LogP contribution >= 0.6 is 0 Å². The molecule has 0 atom stereocenters. The Balaban J connectivity index is 0.722. The van der Waals surface area contributed by atoms with Crippen molar-refractivity contribution in [2.75, 3.05) is 9.80 Å². The number of benzene rings is 10. The molecule has 11 heteroatoms. The van der Waals surface area contributed by atoms with Gasteiger partial charge in [0.05, 0.1) is 22.7 Å². The molecule has 0 unspecified atom stereocenters. The largest absolute Gasteiger partial charge is 0.418 e. The number of nitrogens with zero attached hydrogens (tertiary/aromatic N) is 2. The van der Waals surface area contributed by atoms with Crippen LogP contribution in [0.5, 0.6) is 0 Å². The molecule has 0 spiro atoms. The van der Waals surface area contributed by atoms with Crippen LogP contribution in [0.2, 0.25) is 0 Å². The summed E-state index contributed by atoms with van der Waals surface area (Å²) >= 11 is 0. The summed E-state index contributed by atoms with van der Waals surface area (Å²) in [6.45, 7) is 8.92. The Bertz CT molecular complexity index is 4860. The number of esters is 4. The van der Waals surface area contributed by atoms with E-state index in [1.165, 1.54) is 29.8 Å². The number of ether oxygens (including phenoxy) is 4. The first-order valence-electron chi connectivity index (χ1n) is 28.1. The van der Waals surface area contributed by atoms with Gasteiger partial charge in [-0.2, -0.15) is 0 Å². The Morgan fingerprint density at radius 3 is 1.42 bits per heavy atom. The minimum atomic E-state index is -0.680. The Labute approximate surface area is 487 Å². The third-order valence-corrected chi connectivity index (χ3v) is 17.6. The average Bonchev–Trinajstić information content (AvgIpc) is 1.66. The number of fused-ring (bicyclic) bond motifs is 9. The lowest BCUT2D eigenvalue weighted by atomic mass is 9.71. The van der Waals surface area contributed by atoms with Crippen molar-refractivity contribution in [3.05, 3.63) is 286 Å². The number of rotatable bonds is 7. The molecule has 10 nitrogen and oxygen atoms in total. The maximum absolute atomic E-state index is 14.0. The van der Waals surface area contributed by atoms with Crippen molar-refractivity contribution in [3.63, 3.8) is 0 Å². The highest BCUT2D eigenvalue weighted by Crippen LogP contribution is 2.56. The second-order valence-electron chi connectivity index (χ2n) is 23.1. The van der Waals surface area contributed by atoms with Gasteiger partial charge in [-0.05, 0) is 162 Å². The molecule has 408 valence electrons. The molecule has 0 saturated heterocycles. The summed E-state index contributed by atoms with van der Waals surface area (Å²) in [5, 5.41) is 3.77. The highest BCUT2D eigenvalue weighted by atomic mass is 19.1. The molecule has 6 heterocycles. The summed E-state index contributed by atoms with van der Waals surface area (Å²) in [5.74, 6) is -2.69. The van der Waals surface area contributed by atoms with Crippen molar-refractivity contribution in [3.8, 4) is 11.1 Å². The van der Waals surface area contributed by atoms with Crippen LogP contribution in [0, 0.1) is 5.82 Å². The molecule has 6 aliphatic rings. The van der Waals surface area contributed by atoms with Crippen LogP contribution < -0.4 is 9.80 Å². The van der Waals surface area contributed by atoms with E-state index in [0.717, 1.165) is 83.5 Å².